The van der Waals surface area contributed by atoms with Crippen molar-refractivity contribution in [2.45, 2.75) is 18.9 Å². The summed E-state index contributed by atoms with van der Waals surface area (Å²) in [5, 5.41) is 5.42. The first-order valence-corrected chi connectivity index (χ1v) is 6.14. The van der Waals surface area contributed by atoms with Crippen LogP contribution < -0.4 is 21.1 Å². The summed E-state index contributed by atoms with van der Waals surface area (Å²) in [4.78, 5) is 23.8. The molecule has 1 heterocycles. The van der Waals surface area contributed by atoms with Crippen LogP contribution in [-0.4, -0.2) is 31.5 Å². The van der Waals surface area contributed by atoms with E-state index in [0.717, 1.165) is 6.42 Å². The van der Waals surface area contributed by atoms with Crippen molar-refractivity contribution in [3.05, 3.63) is 23.8 Å². The molecule has 0 bridgehead atoms. The Morgan fingerprint density at radius 2 is 2.32 bits per heavy atom. The van der Waals surface area contributed by atoms with E-state index in [1.54, 1.807) is 12.1 Å². The van der Waals surface area contributed by atoms with Crippen LogP contribution in [0.25, 0.3) is 0 Å². The Labute approximate surface area is 111 Å². The van der Waals surface area contributed by atoms with Gasteiger partial charge in [-0.25, -0.2) is 0 Å². The van der Waals surface area contributed by atoms with Gasteiger partial charge in [0.15, 0.2) is 0 Å². The Kier molecular flexibility index (Phi) is 3.89. The Morgan fingerprint density at radius 1 is 1.53 bits per heavy atom. The monoisotopic (exact) mass is 263 g/mol. The molecule has 1 atom stereocenters. The van der Waals surface area contributed by atoms with E-state index in [0.29, 0.717) is 30.0 Å². The van der Waals surface area contributed by atoms with Crippen molar-refractivity contribution in [3.8, 4) is 5.75 Å². The zero-order chi connectivity index (χ0) is 13.8. The van der Waals surface area contributed by atoms with Crippen molar-refractivity contribution in [2.75, 3.05) is 19.4 Å². The lowest BCUT2D eigenvalue weighted by atomic mass is 10.1. The van der Waals surface area contributed by atoms with Crippen molar-refractivity contribution < 1.29 is 14.3 Å². The lowest BCUT2D eigenvalue weighted by Crippen LogP contribution is -2.50. The van der Waals surface area contributed by atoms with Crippen molar-refractivity contribution >= 4 is 17.5 Å². The number of hydrogen-bond donors (Lipinski definition) is 3. The lowest BCUT2D eigenvalue weighted by Gasteiger charge is -2.23. The zero-order valence-electron chi connectivity index (χ0n) is 10.7. The Bertz CT molecular complexity index is 502. The fourth-order valence-electron chi connectivity index (χ4n) is 2.05. The second kappa shape index (κ2) is 5.60. The van der Waals surface area contributed by atoms with Crippen LogP contribution in [-0.2, 0) is 4.79 Å². The molecule has 1 aliphatic rings. The summed E-state index contributed by atoms with van der Waals surface area (Å²) in [5.41, 5.74) is 6.47. The number of rotatable bonds is 3. The number of nitrogen functional groups attached to an aromatic ring is 1. The normalized spacial score (nSPS) is 18.6. The average molecular weight is 263 g/mol. The van der Waals surface area contributed by atoms with Crippen LogP contribution in [0.4, 0.5) is 5.69 Å². The summed E-state index contributed by atoms with van der Waals surface area (Å²) < 4.78 is 5.12. The third-order valence-electron chi connectivity index (χ3n) is 3.06. The molecule has 1 saturated heterocycles. The third-order valence-corrected chi connectivity index (χ3v) is 3.06. The minimum atomic E-state index is -0.493. The number of anilines is 1. The fraction of sp³-hybridized carbons (Fsp3) is 0.385. The number of benzene rings is 1. The number of carbonyl (C=O) groups excluding carboxylic acids is 2. The van der Waals surface area contributed by atoms with Crippen LogP contribution in [0.5, 0.6) is 5.75 Å². The van der Waals surface area contributed by atoms with Crippen LogP contribution in [0.1, 0.15) is 23.2 Å². The highest BCUT2D eigenvalue weighted by molar-refractivity contribution is 6.00. The molecule has 1 aliphatic heterocycles. The third kappa shape index (κ3) is 2.96. The maximum absolute atomic E-state index is 12.2. The van der Waals surface area contributed by atoms with Gasteiger partial charge < -0.3 is 21.1 Å². The second-order valence-electron chi connectivity index (χ2n) is 4.42. The number of nitrogens with two attached hydrogens (primary N) is 1. The average Bonchev–Trinajstić information content (AvgIpc) is 2.41. The highest BCUT2D eigenvalue weighted by atomic mass is 16.5. The van der Waals surface area contributed by atoms with Crippen molar-refractivity contribution in [1.29, 1.82) is 0 Å². The molecule has 102 valence electrons. The maximum Gasteiger partial charge on any atom is 0.255 e. The molecular weight excluding hydrogens is 246 g/mol. The van der Waals surface area contributed by atoms with Crippen molar-refractivity contribution in [2.24, 2.45) is 0 Å². The summed E-state index contributed by atoms with van der Waals surface area (Å²) in [7, 11) is 1.48. The molecule has 1 unspecified atom stereocenters. The minimum absolute atomic E-state index is 0.150. The van der Waals surface area contributed by atoms with Gasteiger partial charge in [0.25, 0.3) is 5.91 Å². The summed E-state index contributed by atoms with van der Waals surface area (Å²) in [6, 6.07) is 4.33. The van der Waals surface area contributed by atoms with Crippen LogP contribution in [0.15, 0.2) is 18.2 Å². The predicted octanol–water partition coefficient (Wildman–Crippen LogP) is 0.286. The molecular formula is C13H17N3O3. The van der Waals surface area contributed by atoms with E-state index in [1.165, 1.54) is 13.2 Å². The van der Waals surface area contributed by atoms with E-state index in [2.05, 4.69) is 10.6 Å². The second-order valence-corrected chi connectivity index (χ2v) is 4.42. The molecule has 4 N–H and O–H groups in total. The molecule has 19 heavy (non-hydrogen) atoms. The zero-order valence-corrected chi connectivity index (χ0v) is 10.7. The predicted molar refractivity (Wildman–Crippen MR) is 70.9 cm³/mol. The van der Waals surface area contributed by atoms with E-state index in [1.807, 2.05) is 0 Å². The van der Waals surface area contributed by atoms with E-state index in [-0.39, 0.29) is 11.8 Å². The molecule has 0 aromatic heterocycles. The molecule has 0 radical (unpaired) electrons. The quantitative estimate of drug-likeness (QED) is 0.683. The summed E-state index contributed by atoms with van der Waals surface area (Å²) in [6.45, 7) is 0.660. The SMILES string of the molecule is COc1ccc(N)cc1C(=O)NC1CCCNC1=O. The molecule has 6 nitrogen and oxygen atoms in total. The van der Waals surface area contributed by atoms with E-state index >= 15 is 0 Å². The molecule has 1 aromatic carbocycles. The number of hydrogen-bond acceptors (Lipinski definition) is 4. The van der Waals surface area contributed by atoms with Crippen LogP contribution in [0.3, 0.4) is 0 Å². The standard InChI is InChI=1S/C13H17N3O3/c1-19-11-5-4-8(14)7-9(11)12(17)16-10-3-2-6-15-13(10)18/h4-5,7,10H,2-3,6,14H2,1H3,(H,15,18)(H,16,17). The summed E-state index contributed by atoms with van der Waals surface area (Å²) in [6.07, 6.45) is 1.49. The molecule has 2 amide bonds. The number of piperidine rings is 1. The van der Waals surface area contributed by atoms with Crippen molar-refractivity contribution in [1.82, 2.24) is 10.6 Å². The Morgan fingerprint density at radius 3 is 3.00 bits per heavy atom. The molecule has 6 heteroatoms. The molecule has 2 rings (SSSR count). The van der Waals surface area contributed by atoms with Gasteiger partial charge in [-0.1, -0.05) is 0 Å². The van der Waals surface area contributed by atoms with E-state index in [4.69, 9.17) is 10.5 Å². The van der Waals surface area contributed by atoms with Gasteiger partial charge in [-0.15, -0.1) is 0 Å². The molecule has 1 fully saturated rings. The Balaban J connectivity index is 2.15. The van der Waals surface area contributed by atoms with Gasteiger partial charge in [0.05, 0.1) is 12.7 Å². The Hall–Kier alpha value is -2.24. The molecule has 0 saturated carbocycles. The van der Waals surface area contributed by atoms with Crippen LogP contribution in [0.2, 0.25) is 0 Å². The van der Waals surface area contributed by atoms with E-state index in [9.17, 15) is 9.59 Å². The lowest BCUT2D eigenvalue weighted by molar-refractivity contribution is -0.124. The van der Waals surface area contributed by atoms with Crippen LogP contribution in [0, 0.1) is 0 Å². The number of nitrogens with one attached hydrogen (secondary N) is 2. The first-order chi connectivity index (χ1) is 9.11. The number of carbonyl (C=O) groups is 2. The van der Waals surface area contributed by atoms with Gasteiger partial charge in [0, 0.05) is 12.2 Å². The van der Waals surface area contributed by atoms with E-state index < -0.39 is 6.04 Å². The summed E-state index contributed by atoms with van der Waals surface area (Å²) in [5.74, 6) is -0.0726. The summed E-state index contributed by atoms with van der Waals surface area (Å²) >= 11 is 0. The molecule has 1 aromatic rings. The molecule has 0 spiro atoms. The van der Waals surface area contributed by atoms with Gasteiger partial charge in [-0.2, -0.15) is 0 Å². The van der Waals surface area contributed by atoms with Crippen LogP contribution >= 0.6 is 0 Å². The van der Waals surface area contributed by atoms with Gasteiger partial charge >= 0.3 is 0 Å². The number of methoxy groups -OCH3 is 1. The first kappa shape index (κ1) is 13.2. The highest BCUT2D eigenvalue weighted by Crippen LogP contribution is 2.21. The van der Waals surface area contributed by atoms with Gasteiger partial charge in [-0.3, -0.25) is 9.59 Å². The van der Waals surface area contributed by atoms with Crippen molar-refractivity contribution in [3.63, 3.8) is 0 Å². The van der Waals surface area contributed by atoms with Gasteiger partial charge in [0.2, 0.25) is 5.91 Å². The topological polar surface area (TPSA) is 93.4 Å². The maximum atomic E-state index is 12.2. The number of amides is 2. The largest absolute Gasteiger partial charge is 0.496 e. The first-order valence-electron chi connectivity index (χ1n) is 6.14. The van der Waals surface area contributed by atoms with Gasteiger partial charge in [0.1, 0.15) is 11.8 Å². The highest BCUT2D eigenvalue weighted by Gasteiger charge is 2.25. The fourth-order valence-corrected chi connectivity index (χ4v) is 2.05. The molecule has 0 aliphatic carbocycles. The smallest absolute Gasteiger partial charge is 0.255 e. The minimum Gasteiger partial charge on any atom is -0.496 e. The number of ether oxygens (including phenoxy) is 1. The van der Waals surface area contributed by atoms with Gasteiger partial charge in [-0.05, 0) is 31.0 Å².